The molecule has 1 heterocycles. The van der Waals surface area contributed by atoms with E-state index in [4.69, 9.17) is 33.7 Å². The van der Waals surface area contributed by atoms with Crippen LogP contribution in [0.1, 0.15) is 24.5 Å². The van der Waals surface area contributed by atoms with E-state index < -0.39 is 11.5 Å². The van der Waals surface area contributed by atoms with E-state index in [-0.39, 0.29) is 0 Å². The third-order valence-electron chi connectivity index (χ3n) is 3.60. The summed E-state index contributed by atoms with van der Waals surface area (Å²) in [7, 11) is 0. The van der Waals surface area contributed by atoms with Crippen LogP contribution >= 0.6 is 23.2 Å². The third kappa shape index (κ3) is 2.65. The van der Waals surface area contributed by atoms with E-state index in [9.17, 15) is 5.11 Å². The van der Waals surface area contributed by atoms with Crippen molar-refractivity contribution in [2.24, 2.45) is 11.1 Å². The molecule has 5 heteroatoms. The molecule has 2 atom stereocenters. The molecule has 2 rings (SSSR count). The third-order valence-corrected chi connectivity index (χ3v) is 4.34. The molecule has 3 N–H and O–H groups in total. The zero-order valence-corrected chi connectivity index (χ0v) is 11.5. The first-order chi connectivity index (χ1) is 8.59. The minimum Gasteiger partial charge on any atom is -0.388 e. The summed E-state index contributed by atoms with van der Waals surface area (Å²) < 4.78 is 5.47. The lowest BCUT2D eigenvalue weighted by Gasteiger charge is -2.40. The van der Waals surface area contributed by atoms with Gasteiger partial charge in [-0.2, -0.15) is 0 Å². The maximum absolute atomic E-state index is 10.5. The summed E-state index contributed by atoms with van der Waals surface area (Å²) in [4.78, 5) is 0. The lowest BCUT2D eigenvalue weighted by atomic mass is 9.75. The monoisotopic (exact) mass is 289 g/mol. The number of rotatable bonds is 3. The summed E-state index contributed by atoms with van der Waals surface area (Å²) in [6, 6.07) is 5.17. The number of hydrogen-bond donors (Lipinski definition) is 2. The van der Waals surface area contributed by atoms with Crippen LogP contribution in [0.4, 0.5) is 0 Å². The number of hydrogen-bond acceptors (Lipinski definition) is 3. The molecule has 0 radical (unpaired) electrons. The Labute approximate surface area is 117 Å². The summed E-state index contributed by atoms with van der Waals surface area (Å²) in [5.74, 6) is 0. The number of ether oxygens (including phenoxy) is 1. The van der Waals surface area contributed by atoms with Gasteiger partial charge in [-0.15, -0.1) is 0 Å². The van der Waals surface area contributed by atoms with Crippen molar-refractivity contribution < 1.29 is 9.84 Å². The van der Waals surface area contributed by atoms with Crippen molar-refractivity contribution in [1.82, 2.24) is 0 Å². The van der Waals surface area contributed by atoms with Crippen LogP contribution in [-0.2, 0) is 4.74 Å². The first-order valence-corrected chi connectivity index (χ1v) is 6.75. The predicted molar refractivity (Wildman–Crippen MR) is 73.0 cm³/mol. The second kappa shape index (κ2) is 5.76. The zero-order chi connectivity index (χ0) is 13.2. The van der Waals surface area contributed by atoms with Gasteiger partial charge in [0.15, 0.2) is 0 Å². The molecule has 18 heavy (non-hydrogen) atoms. The summed E-state index contributed by atoms with van der Waals surface area (Å²) in [6.07, 6.45) is 1.08. The first kappa shape index (κ1) is 14.1. The topological polar surface area (TPSA) is 55.5 Å². The van der Waals surface area contributed by atoms with Crippen molar-refractivity contribution in [1.29, 1.82) is 0 Å². The van der Waals surface area contributed by atoms with E-state index in [1.807, 2.05) is 0 Å². The molecule has 2 unspecified atom stereocenters. The van der Waals surface area contributed by atoms with E-state index in [1.54, 1.807) is 18.2 Å². The van der Waals surface area contributed by atoms with Crippen LogP contribution in [0, 0.1) is 5.41 Å². The maximum atomic E-state index is 10.5. The van der Waals surface area contributed by atoms with Crippen LogP contribution in [-0.4, -0.2) is 24.9 Å². The molecule has 1 aliphatic rings. The normalized spacial score (nSPS) is 26.0. The lowest BCUT2D eigenvalue weighted by molar-refractivity contribution is -0.0781. The van der Waals surface area contributed by atoms with Crippen molar-refractivity contribution in [3.63, 3.8) is 0 Å². The molecule has 0 saturated carbocycles. The number of nitrogens with two attached hydrogens (primary N) is 1. The van der Waals surface area contributed by atoms with Gasteiger partial charge in [-0.1, -0.05) is 29.3 Å². The number of aliphatic hydroxyl groups excluding tert-OH is 1. The van der Waals surface area contributed by atoms with Gasteiger partial charge in [0.1, 0.15) is 0 Å². The van der Waals surface area contributed by atoms with Gasteiger partial charge in [0.2, 0.25) is 0 Å². The second-order valence-corrected chi connectivity index (χ2v) is 5.61. The Morgan fingerprint density at radius 1 is 1.39 bits per heavy atom. The molecule has 1 saturated heterocycles. The van der Waals surface area contributed by atoms with Crippen LogP contribution < -0.4 is 5.73 Å². The Balaban J connectivity index is 2.27. The molecular formula is C13H17Cl2NO2. The van der Waals surface area contributed by atoms with Crippen LogP contribution in [0.3, 0.4) is 0 Å². The standard InChI is InChI=1S/C13H17Cl2NO2/c14-10-3-2-9(6-11(10)15)12(17)13(7-16)4-1-5-18-8-13/h2-3,6,12,17H,1,4-5,7-8,16H2. The predicted octanol–water partition coefficient (Wildman–Crippen LogP) is 2.78. The van der Waals surface area contributed by atoms with Crippen molar-refractivity contribution in [2.75, 3.05) is 19.8 Å². The average Bonchev–Trinajstić information content (AvgIpc) is 2.42. The molecule has 100 valence electrons. The van der Waals surface area contributed by atoms with Crippen LogP contribution in [0.15, 0.2) is 18.2 Å². The smallest absolute Gasteiger partial charge is 0.0881 e. The van der Waals surface area contributed by atoms with Crippen molar-refractivity contribution in [2.45, 2.75) is 18.9 Å². The fraction of sp³-hybridized carbons (Fsp3) is 0.538. The second-order valence-electron chi connectivity index (χ2n) is 4.80. The highest BCUT2D eigenvalue weighted by molar-refractivity contribution is 6.42. The van der Waals surface area contributed by atoms with E-state index in [0.717, 1.165) is 25.0 Å². The molecule has 0 amide bonds. The fourth-order valence-electron chi connectivity index (χ4n) is 2.40. The molecular weight excluding hydrogens is 273 g/mol. The first-order valence-electron chi connectivity index (χ1n) is 6.00. The Kier molecular flexibility index (Phi) is 4.51. The molecule has 0 spiro atoms. The minimum atomic E-state index is -0.683. The van der Waals surface area contributed by atoms with E-state index >= 15 is 0 Å². The van der Waals surface area contributed by atoms with E-state index in [1.165, 1.54) is 0 Å². The Morgan fingerprint density at radius 3 is 2.72 bits per heavy atom. The average molecular weight is 290 g/mol. The maximum Gasteiger partial charge on any atom is 0.0881 e. The van der Waals surface area contributed by atoms with Gasteiger partial charge in [0.05, 0.1) is 22.8 Å². The van der Waals surface area contributed by atoms with Crippen LogP contribution in [0.25, 0.3) is 0 Å². The summed E-state index contributed by atoms with van der Waals surface area (Å²) >= 11 is 11.9. The minimum absolute atomic E-state index is 0.383. The molecule has 1 fully saturated rings. The van der Waals surface area contributed by atoms with Gasteiger partial charge in [-0.3, -0.25) is 0 Å². The van der Waals surface area contributed by atoms with Crippen molar-refractivity contribution >= 4 is 23.2 Å². The summed E-state index contributed by atoms with van der Waals surface area (Å²) in [6.45, 7) is 1.59. The molecule has 0 aliphatic carbocycles. The SMILES string of the molecule is NCC1(C(O)c2ccc(Cl)c(Cl)c2)CCCOC1. The van der Waals surface area contributed by atoms with Gasteiger partial charge in [-0.05, 0) is 30.5 Å². The Hall–Kier alpha value is -0.320. The molecule has 3 nitrogen and oxygen atoms in total. The van der Waals surface area contributed by atoms with Gasteiger partial charge >= 0.3 is 0 Å². The highest BCUT2D eigenvalue weighted by Gasteiger charge is 2.39. The largest absolute Gasteiger partial charge is 0.388 e. The molecule has 1 aromatic carbocycles. The molecule has 1 aliphatic heterocycles. The number of benzene rings is 1. The van der Waals surface area contributed by atoms with Crippen molar-refractivity contribution in [3.05, 3.63) is 33.8 Å². The lowest BCUT2D eigenvalue weighted by Crippen LogP contribution is -2.43. The van der Waals surface area contributed by atoms with Gasteiger partial charge in [0.25, 0.3) is 0 Å². The Morgan fingerprint density at radius 2 is 2.17 bits per heavy atom. The van der Waals surface area contributed by atoms with Crippen LogP contribution in [0.5, 0.6) is 0 Å². The van der Waals surface area contributed by atoms with Gasteiger partial charge in [-0.25, -0.2) is 0 Å². The molecule has 0 bridgehead atoms. The number of halogens is 2. The summed E-state index contributed by atoms with van der Waals surface area (Å²) in [5.41, 5.74) is 6.16. The van der Waals surface area contributed by atoms with Crippen LogP contribution in [0.2, 0.25) is 10.0 Å². The highest BCUT2D eigenvalue weighted by Crippen LogP contribution is 2.41. The van der Waals surface area contributed by atoms with Crippen molar-refractivity contribution in [3.8, 4) is 0 Å². The fourth-order valence-corrected chi connectivity index (χ4v) is 2.70. The van der Waals surface area contributed by atoms with Gasteiger partial charge in [0, 0.05) is 18.6 Å². The van der Waals surface area contributed by atoms with E-state index in [2.05, 4.69) is 0 Å². The highest BCUT2D eigenvalue weighted by atomic mass is 35.5. The zero-order valence-electron chi connectivity index (χ0n) is 10.0. The number of aliphatic hydroxyl groups is 1. The Bertz CT molecular complexity index is 419. The summed E-state index contributed by atoms with van der Waals surface area (Å²) in [5, 5.41) is 11.5. The van der Waals surface area contributed by atoms with E-state index in [0.29, 0.717) is 23.2 Å². The molecule has 0 aromatic heterocycles. The van der Waals surface area contributed by atoms with Gasteiger partial charge < -0.3 is 15.6 Å². The molecule has 1 aromatic rings. The quantitative estimate of drug-likeness (QED) is 0.900.